The molecular formula is C21H24I2N4O2. The highest BCUT2D eigenvalue weighted by Gasteiger charge is 2.18. The van der Waals surface area contributed by atoms with E-state index in [1.807, 2.05) is 48.1 Å². The number of fused-ring (bicyclic) bond motifs is 2. The van der Waals surface area contributed by atoms with Crippen molar-refractivity contribution >= 4 is 67.0 Å². The maximum atomic E-state index is 9.92. The number of hydrogen-bond acceptors (Lipinski definition) is 4. The van der Waals surface area contributed by atoms with E-state index in [1.54, 1.807) is 27.7 Å². The molecule has 0 radical (unpaired) electrons. The highest BCUT2D eigenvalue weighted by atomic mass is 127. The van der Waals surface area contributed by atoms with E-state index in [0.717, 1.165) is 40.3 Å². The summed E-state index contributed by atoms with van der Waals surface area (Å²) in [6, 6.07) is 11.7. The van der Waals surface area contributed by atoms with Crippen LogP contribution in [0.2, 0.25) is 0 Å². The van der Waals surface area contributed by atoms with Crippen LogP contribution in [0.25, 0.3) is 21.8 Å². The molecule has 2 heterocycles. The molecule has 3 N–H and O–H groups in total. The van der Waals surface area contributed by atoms with E-state index >= 15 is 0 Å². The monoisotopic (exact) mass is 618 g/mol. The third-order valence-corrected chi connectivity index (χ3v) is 6.34. The third kappa shape index (κ3) is 4.92. The number of aliphatic hydroxyl groups is 2. The molecule has 4 rings (SSSR count). The molecular weight excluding hydrogens is 594 g/mol. The number of aromatic amines is 1. The molecule has 0 fully saturated rings. The number of nitrogens with one attached hydrogen (secondary N) is 1. The summed E-state index contributed by atoms with van der Waals surface area (Å²) < 4.78 is 3.82. The minimum atomic E-state index is -0.799. The largest absolute Gasteiger partial charge is 0.386 e. The van der Waals surface area contributed by atoms with E-state index in [-0.39, 0.29) is 0 Å². The Morgan fingerprint density at radius 2 is 1.45 bits per heavy atom. The molecule has 2 aromatic heterocycles. The average Bonchev–Trinajstić information content (AvgIpc) is 3.14. The number of aryl methyl sites for hydroxylation is 1. The van der Waals surface area contributed by atoms with Gasteiger partial charge in [0.25, 0.3) is 0 Å². The van der Waals surface area contributed by atoms with Crippen LogP contribution in [0.15, 0.2) is 36.4 Å². The first-order valence-electron chi connectivity index (χ1n) is 9.09. The van der Waals surface area contributed by atoms with Gasteiger partial charge in [0.2, 0.25) is 0 Å². The average molecular weight is 618 g/mol. The topological polar surface area (TPSA) is 87.0 Å². The van der Waals surface area contributed by atoms with Gasteiger partial charge in [-0.3, -0.25) is 9.78 Å². The van der Waals surface area contributed by atoms with Crippen molar-refractivity contribution in [2.75, 3.05) is 0 Å². The number of nitrogens with zero attached hydrogens (tertiary/aromatic N) is 3. The Kier molecular flexibility index (Phi) is 6.29. The summed E-state index contributed by atoms with van der Waals surface area (Å²) in [5.41, 5.74) is 2.25. The van der Waals surface area contributed by atoms with Crippen molar-refractivity contribution in [3.05, 3.63) is 54.9 Å². The molecule has 0 saturated carbocycles. The summed E-state index contributed by atoms with van der Waals surface area (Å²) in [7, 11) is 1.92. The van der Waals surface area contributed by atoms with Crippen molar-refractivity contribution in [2.24, 2.45) is 7.05 Å². The van der Waals surface area contributed by atoms with E-state index < -0.39 is 11.2 Å². The molecule has 0 aliphatic heterocycles. The summed E-state index contributed by atoms with van der Waals surface area (Å²) in [5.74, 6) is 0. The first kappa shape index (κ1) is 22.4. The fraction of sp³-hybridized carbons (Fsp3) is 0.333. The number of halogens is 2. The summed E-state index contributed by atoms with van der Waals surface area (Å²) in [6.07, 6.45) is 0. The van der Waals surface area contributed by atoms with Crippen LogP contribution in [-0.4, -0.2) is 30.2 Å². The SMILES string of the molecule is CC(C)(O)c1ccc2n[nH]c(I)c2c1.Cn1nc(I)c2cc(C(C)(C)O)ccc21. The highest BCUT2D eigenvalue weighted by Crippen LogP contribution is 2.27. The summed E-state index contributed by atoms with van der Waals surface area (Å²) in [6.45, 7) is 7.14. The second kappa shape index (κ2) is 8.12. The van der Waals surface area contributed by atoms with Crippen molar-refractivity contribution in [1.29, 1.82) is 0 Å². The van der Waals surface area contributed by atoms with E-state index in [2.05, 4.69) is 60.5 Å². The van der Waals surface area contributed by atoms with Crippen LogP contribution < -0.4 is 0 Å². The highest BCUT2D eigenvalue weighted by molar-refractivity contribution is 14.1. The Labute approximate surface area is 197 Å². The molecule has 0 unspecified atom stereocenters. The molecule has 0 bridgehead atoms. The normalized spacial score (nSPS) is 12.3. The van der Waals surface area contributed by atoms with Gasteiger partial charge in [-0.2, -0.15) is 10.2 Å². The Morgan fingerprint density at radius 1 is 0.897 bits per heavy atom. The molecule has 29 heavy (non-hydrogen) atoms. The van der Waals surface area contributed by atoms with Gasteiger partial charge in [-0.05, 0) is 108 Å². The van der Waals surface area contributed by atoms with Gasteiger partial charge in [0.1, 0.15) is 7.40 Å². The number of aromatic nitrogens is 4. The smallest absolute Gasteiger partial charge is 0.131 e. The van der Waals surface area contributed by atoms with E-state index in [4.69, 9.17) is 0 Å². The lowest BCUT2D eigenvalue weighted by Gasteiger charge is -2.17. The van der Waals surface area contributed by atoms with E-state index in [9.17, 15) is 10.2 Å². The standard InChI is InChI=1S/C11H13IN2O.C10H11IN2O/c1-11(2,15)7-4-5-9-8(6-7)10(12)13-14(9)3;1-10(2,14)6-3-4-8-7(5-6)9(11)13-12-8/h4-6,15H,1-3H3;3-5,14H,1-2H3,(H,12,13). The van der Waals surface area contributed by atoms with Gasteiger partial charge in [0.15, 0.2) is 0 Å². The summed E-state index contributed by atoms with van der Waals surface area (Å²) >= 11 is 4.41. The second-order valence-electron chi connectivity index (χ2n) is 8.03. The Morgan fingerprint density at radius 3 is 2.03 bits per heavy atom. The Hall–Kier alpha value is -1.24. The fourth-order valence-corrected chi connectivity index (χ4v) is 4.27. The van der Waals surface area contributed by atoms with E-state index in [1.165, 1.54) is 0 Å². The van der Waals surface area contributed by atoms with Gasteiger partial charge in [0.05, 0.1) is 22.2 Å². The predicted molar refractivity (Wildman–Crippen MR) is 133 cm³/mol. The lowest BCUT2D eigenvalue weighted by molar-refractivity contribution is 0.0782. The van der Waals surface area contributed by atoms with Crippen molar-refractivity contribution < 1.29 is 10.2 Å². The summed E-state index contributed by atoms with van der Waals surface area (Å²) in [4.78, 5) is 0. The zero-order valence-electron chi connectivity index (χ0n) is 17.0. The van der Waals surface area contributed by atoms with E-state index in [0.29, 0.717) is 0 Å². The van der Waals surface area contributed by atoms with Crippen LogP contribution in [0.5, 0.6) is 0 Å². The molecule has 0 aliphatic carbocycles. The molecule has 0 atom stereocenters. The van der Waals surface area contributed by atoms with Gasteiger partial charge < -0.3 is 10.2 Å². The molecule has 0 amide bonds. The van der Waals surface area contributed by atoms with Crippen molar-refractivity contribution in [1.82, 2.24) is 20.0 Å². The number of rotatable bonds is 2. The van der Waals surface area contributed by atoms with Crippen molar-refractivity contribution in [3.63, 3.8) is 0 Å². The maximum Gasteiger partial charge on any atom is 0.131 e. The molecule has 8 heteroatoms. The zero-order chi connectivity index (χ0) is 21.6. The second-order valence-corrected chi connectivity index (χ2v) is 10.1. The minimum Gasteiger partial charge on any atom is -0.386 e. The summed E-state index contributed by atoms with van der Waals surface area (Å²) in [5, 5.41) is 33.3. The van der Waals surface area contributed by atoms with Crippen LogP contribution in [0, 0.1) is 7.40 Å². The molecule has 4 aromatic rings. The van der Waals surface area contributed by atoms with Gasteiger partial charge in [-0.1, -0.05) is 12.1 Å². The van der Waals surface area contributed by atoms with Gasteiger partial charge in [-0.15, -0.1) is 0 Å². The van der Waals surface area contributed by atoms with Crippen LogP contribution in [0.3, 0.4) is 0 Å². The van der Waals surface area contributed by atoms with Gasteiger partial charge in [-0.25, -0.2) is 0 Å². The van der Waals surface area contributed by atoms with Crippen molar-refractivity contribution in [3.8, 4) is 0 Å². The van der Waals surface area contributed by atoms with Gasteiger partial charge >= 0.3 is 0 Å². The van der Waals surface area contributed by atoms with Crippen molar-refractivity contribution in [2.45, 2.75) is 38.9 Å². The van der Waals surface area contributed by atoms with Crippen LogP contribution in [0.4, 0.5) is 0 Å². The number of H-pyrrole nitrogens is 1. The zero-order valence-corrected chi connectivity index (χ0v) is 21.3. The Bertz CT molecular complexity index is 1170. The lowest BCUT2D eigenvalue weighted by Crippen LogP contribution is -2.15. The first-order valence-corrected chi connectivity index (χ1v) is 11.3. The number of benzene rings is 2. The van der Waals surface area contributed by atoms with Crippen LogP contribution in [-0.2, 0) is 18.2 Å². The third-order valence-electron chi connectivity index (χ3n) is 4.73. The quantitative estimate of drug-likeness (QED) is 0.282. The maximum absolute atomic E-state index is 9.92. The fourth-order valence-electron chi connectivity index (χ4n) is 2.96. The first-order chi connectivity index (χ1) is 13.4. The van der Waals surface area contributed by atoms with Crippen LogP contribution >= 0.6 is 45.2 Å². The lowest BCUT2D eigenvalue weighted by atomic mass is 9.97. The molecule has 154 valence electrons. The van der Waals surface area contributed by atoms with Crippen LogP contribution in [0.1, 0.15) is 38.8 Å². The predicted octanol–water partition coefficient (Wildman–Crippen LogP) is 4.80. The minimum absolute atomic E-state index is 0.797. The van der Waals surface area contributed by atoms with Gasteiger partial charge in [0, 0.05) is 17.8 Å². The molecule has 0 spiro atoms. The molecule has 0 aliphatic rings. The molecule has 2 aromatic carbocycles. The number of hydrogen-bond donors (Lipinski definition) is 3. The Balaban J connectivity index is 0.000000166. The molecule has 0 saturated heterocycles. The molecule has 6 nitrogen and oxygen atoms in total.